The summed E-state index contributed by atoms with van der Waals surface area (Å²) in [5.74, 6) is 0.496. The summed E-state index contributed by atoms with van der Waals surface area (Å²) in [7, 11) is 3.22. The zero-order chi connectivity index (χ0) is 14.2. The van der Waals surface area contributed by atoms with E-state index < -0.39 is 17.8 Å². The molecule has 0 bridgehead atoms. The third-order valence-corrected chi connectivity index (χ3v) is 2.92. The van der Waals surface area contributed by atoms with E-state index in [0.717, 1.165) is 12.1 Å². The molecular formula is C12H14F3N3O. The lowest BCUT2D eigenvalue weighted by atomic mass is 10.2. The molecule has 7 heteroatoms. The van der Waals surface area contributed by atoms with Crippen molar-refractivity contribution in [1.29, 1.82) is 0 Å². The van der Waals surface area contributed by atoms with E-state index in [1.54, 1.807) is 11.6 Å². The van der Waals surface area contributed by atoms with Crippen molar-refractivity contribution in [3.8, 4) is 0 Å². The fraction of sp³-hybridized carbons (Fsp3) is 0.417. The summed E-state index contributed by atoms with van der Waals surface area (Å²) in [6, 6.07) is 2.99. The molecule has 0 saturated heterocycles. The second-order valence-electron chi connectivity index (χ2n) is 4.29. The summed E-state index contributed by atoms with van der Waals surface area (Å²) in [4.78, 5) is 4.16. The van der Waals surface area contributed by atoms with Crippen LogP contribution in [0.5, 0.6) is 0 Å². The minimum atomic E-state index is -4.37. The molecule has 0 aliphatic heterocycles. The van der Waals surface area contributed by atoms with Crippen LogP contribution in [0.15, 0.2) is 18.2 Å². The number of methoxy groups -OCH3 is 1. The molecule has 0 saturated carbocycles. The van der Waals surface area contributed by atoms with Crippen molar-refractivity contribution < 1.29 is 17.9 Å². The van der Waals surface area contributed by atoms with E-state index >= 15 is 0 Å². The smallest absolute Gasteiger partial charge is 0.383 e. The summed E-state index contributed by atoms with van der Waals surface area (Å²) < 4.78 is 44.5. The van der Waals surface area contributed by atoms with Crippen molar-refractivity contribution in [2.24, 2.45) is 12.8 Å². The lowest BCUT2D eigenvalue weighted by molar-refractivity contribution is -0.137. The van der Waals surface area contributed by atoms with Gasteiger partial charge < -0.3 is 15.0 Å². The molecule has 0 fully saturated rings. The predicted molar refractivity (Wildman–Crippen MR) is 64.5 cm³/mol. The van der Waals surface area contributed by atoms with Crippen LogP contribution in [0, 0.1) is 0 Å². The summed E-state index contributed by atoms with van der Waals surface area (Å²) in [6.45, 7) is 0.253. The highest BCUT2D eigenvalue weighted by Crippen LogP contribution is 2.31. The third-order valence-electron chi connectivity index (χ3n) is 2.92. The lowest BCUT2D eigenvalue weighted by Crippen LogP contribution is -2.20. The molecule has 19 heavy (non-hydrogen) atoms. The van der Waals surface area contributed by atoms with Gasteiger partial charge in [0.25, 0.3) is 0 Å². The van der Waals surface area contributed by atoms with Crippen molar-refractivity contribution in [2.75, 3.05) is 13.7 Å². The van der Waals surface area contributed by atoms with Crippen molar-refractivity contribution in [2.45, 2.75) is 12.2 Å². The number of halogens is 3. The average molecular weight is 273 g/mol. The normalized spacial score (nSPS) is 14.0. The molecule has 0 amide bonds. The fourth-order valence-corrected chi connectivity index (χ4v) is 1.98. The highest BCUT2D eigenvalue weighted by molar-refractivity contribution is 5.77. The van der Waals surface area contributed by atoms with Crippen LogP contribution in [0.25, 0.3) is 11.0 Å². The zero-order valence-electron chi connectivity index (χ0n) is 10.5. The predicted octanol–water partition coefficient (Wildman–Crippen LogP) is 2.24. The Hall–Kier alpha value is -1.60. The number of benzene rings is 1. The van der Waals surface area contributed by atoms with Gasteiger partial charge in [-0.3, -0.25) is 0 Å². The largest absolute Gasteiger partial charge is 0.416 e. The topological polar surface area (TPSA) is 53.1 Å². The van der Waals surface area contributed by atoms with Gasteiger partial charge in [0.05, 0.1) is 29.2 Å². The van der Waals surface area contributed by atoms with E-state index in [2.05, 4.69) is 4.98 Å². The maximum Gasteiger partial charge on any atom is 0.416 e. The lowest BCUT2D eigenvalue weighted by Gasteiger charge is -2.10. The SMILES string of the molecule is COCC(N)c1nc2cc(C(F)(F)F)ccc2n1C. The maximum absolute atomic E-state index is 12.6. The van der Waals surface area contributed by atoms with Gasteiger partial charge in [-0.25, -0.2) is 4.98 Å². The first-order valence-corrected chi connectivity index (χ1v) is 5.62. The van der Waals surface area contributed by atoms with Crippen LogP contribution in [-0.2, 0) is 18.0 Å². The standard InChI is InChI=1S/C12H14F3N3O/c1-18-10-4-3-7(12(13,14)15)5-9(10)17-11(18)8(16)6-19-2/h3-5,8H,6,16H2,1-2H3. The summed E-state index contributed by atoms with van der Waals surface area (Å²) >= 11 is 0. The van der Waals surface area contributed by atoms with E-state index in [4.69, 9.17) is 10.5 Å². The number of alkyl halides is 3. The van der Waals surface area contributed by atoms with Crippen LogP contribution in [0.1, 0.15) is 17.4 Å². The highest BCUT2D eigenvalue weighted by Gasteiger charge is 2.31. The molecule has 1 heterocycles. The number of aromatic nitrogens is 2. The van der Waals surface area contributed by atoms with Gasteiger partial charge in [-0.15, -0.1) is 0 Å². The molecule has 1 unspecified atom stereocenters. The average Bonchev–Trinajstić information content (AvgIpc) is 2.66. The maximum atomic E-state index is 12.6. The van der Waals surface area contributed by atoms with E-state index in [-0.39, 0.29) is 12.1 Å². The van der Waals surface area contributed by atoms with Crippen molar-refractivity contribution >= 4 is 11.0 Å². The minimum Gasteiger partial charge on any atom is -0.383 e. The second kappa shape index (κ2) is 4.82. The molecule has 2 N–H and O–H groups in total. The molecule has 2 rings (SSSR count). The Labute approximate surface area is 108 Å². The first-order valence-electron chi connectivity index (χ1n) is 5.62. The van der Waals surface area contributed by atoms with E-state index in [0.29, 0.717) is 11.3 Å². The second-order valence-corrected chi connectivity index (χ2v) is 4.29. The monoisotopic (exact) mass is 273 g/mol. The molecule has 104 valence electrons. The van der Waals surface area contributed by atoms with Crippen molar-refractivity contribution in [3.63, 3.8) is 0 Å². The number of rotatable bonds is 3. The number of hydrogen-bond acceptors (Lipinski definition) is 3. The van der Waals surface area contributed by atoms with Crippen molar-refractivity contribution in [3.05, 3.63) is 29.6 Å². The Kier molecular flexibility index (Phi) is 3.51. The molecule has 1 aromatic carbocycles. The van der Waals surface area contributed by atoms with Gasteiger partial charge in [-0.2, -0.15) is 13.2 Å². The Morgan fingerprint density at radius 2 is 2.11 bits per heavy atom. The quantitative estimate of drug-likeness (QED) is 0.933. The zero-order valence-corrected chi connectivity index (χ0v) is 10.5. The molecule has 4 nitrogen and oxygen atoms in total. The number of ether oxygens (including phenoxy) is 1. The third kappa shape index (κ3) is 2.57. The van der Waals surface area contributed by atoms with Gasteiger partial charge in [-0.05, 0) is 18.2 Å². The molecule has 1 atom stereocenters. The molecule has 0 spiro atoms. The summed E-state index contributed by atoms with van der Waals surface area (Å²) in [5.41, 5.74) is 6.03. The Morgan fingerprint density at radius 1 is 1.42 bits per heavy atom. The summed E-state index contributed by atoms with van der Waals surface area (Å²) in [6.07, 6.45) is -4.37. The van der Waals surface area contributed by atoms with E-state index in [1.165, 1.54) is 13.2 Å². The Balaban J connectivity index is 2.51. The number of imidazole rings is 1. The van der Waals surface area contributed by atoms with E-state index in [9.17, 15) is 13.2 Å². The molecular weight excluding hydrogens is 259 g/mol. The molecule has 0 radical (unpaired) electrons. The van der Waals surface area contributed by atoms with Crippen LogP contribution in [0.2, 0.25) is 0 Å². The van der Waals surface area contributed by atoms with Gasteiger partial charge in [0, 0.05) is 14.2 Å². The first-order chi connectivity index (χ1) is 8.84. The number of nitrogens with two attached hydrogens (primary N) is 1. The van der Waals surface area contributed by atoms with Crippen LogP contribution in [-0.4, -0.2) is 23.3 Å². The Bertz CT molecular complexity index is 592. The minimum absolute atomic E-state index is 0.253. The van der Waals surface area contributed by atoms with Crippen LogP contribution < -0.4 is 5.73 Å². The Morgan fingerprint density at radius 3 is 2.68 bits per heavy atom. The van der Waals surface area contributed by atoms with Crippen molar-refractivity contribution in [1.82, 2.24) is 9.55 Å². The summed E-state index contributed by atoms with van der Waals surface area (Å²) in [5, 5.41) is 0. The molecule has 0 aliphatic rings. The molecule has 0 aliphatic carbocycles. The molecule has 1 aromatic heterocycles. The number of nitrogens with zero attached hydrogens (tertiary/aromatic N) is 2. The fourth-order valence-electron chi connectivity index (χ4n) is 1.98. The van der Waals surface area contributed by atoms with Crippen LogP contribution >= 0.6 is 0 Å². The van der Waals surface area contributed by atoms with Crippen LogP contribution in [0.3, 0.4) is 0 Å². The highest BCUT2D eigenvalue weighted by atomic mass is 19.4. The van der Waals surface area contributed by atoms with Gasteiger partial charge in [0.15, 0.2) is 0 Å². The number of fused-ring (bicyclic) bond motifs is 1. The van der Waals surface area contributed by atoms with Crippen LogP contribution in [0.4, 0.5) is 13.2 Å². The first kappa shape index (κ1) is 13.8. The van der Waals surface area contributed by atoms with Gasteiger partial charge in [0.2, 0.25) is 0 Å². The number of aryl methyl sites for hydroxylation is 1. The van der Waals surface area contributed by atoms with Gasteiger partial charge in [0.1, 0.15) is 5.82 Å². The van der Waals surface area contributed by atoms with Gasteiger partial charge >= 0.3 is 6.18 Å². The molecule has 2 aromatic rings. The van der Waals surface area contributed by atoms with Gasteiger partial charge in [-0.1, -0.05) is 0 Å². The van der Waals surface area contributed by atoms with E-state index in [1.807, 2.05) is 0 Å². The number of hydrogen-bond donors (Lipinski definition) is 1.